The number of rotatable bonds is 3. The van der Waals surface area contributed by atoms with Crippen molar-refractivity contribution in [1.29, 1.82) is 0 Å². The van der Waals surface area contributed by atoms with Crippen LogP contribution in [0.15, 0.2) is 30.3 Å². The molecule has 0 aliphatic carbocycles. The lowest BCUT2D eigenvalue weighted by Crippen LogP contribution is -2.23. The van der Waals surface area contributed by atoms with Gasteiger partial charge in [-0.15, -0.1) is 0 Å². The highest BCUT2D eigenvalue weighted by atomic mass is 16.5. The van der Waals surface area contributed by atoms with E-state index < -0.39 is 11.9 Å². The van der Waals surface area contributed by atoms with Gasteiger partial charge in [-0.05, 0) is 31.5 Å². The first-order chi connectivity index (χ1) is 9.04. The molecule has 0 saturated heterocycles. The molecule has 98 valence electrons. The molecule has 0 saturated carbocycles. The highest BCUT2D eigenvalue weighted by Crippen LogP contribution is 2.19. The van der Waals surface area contributed by atoms with Gasteiger partial charge in [0, 0.05) is 5.39 Å². The Balaban J connectivity index is 2.46. The average Bonchev–Trinajstić information content (AvgIpc) is 2.44. The molecule has 0 bridgehead atoms. The van der Waals surface area contributed by atoms with Crippen molar-refractivity contribution in [2.24, 2.45) is 5.92 Å². The molecule has 2 rings (SSSR count). The number of benzene rings is 1. The molecular formula is C15H15NO3. The second-order valence-electron chi connectivity index (χ2n) is 4.45. The number of carbonyl (C=O) groups is 2. The zero-order chi connectivity index (χ0) is 14.0. The van der Waals surface area contributed by atoms with Crippen molar-refractivity contribution >= 4 is 22.7 Å². The van der Waals surface area contributed by atoms with Crippen molar-refractivity contribution in [2.75, 3.05) is 7.11 Å². The van der Waals surface area contributed by atoms with E-state index in [0.29, 0.717) is 5.69 Å². The molecule has 0 aliphatic rings. The predicted molar refractivity (Wildman–Crippen MR) is 72.0 cm³/mol. The maximum atomic E-state index is 12.2. The summed E-state index contributed by atoms with van der Waals surface area (Å²) in [4.78, 5) is 27.9. The minimum atomic E-state index is -0.835. The Labute approximate surface area is 111 Å². The Morgan fingerprint density at radius 3 is 2.63 bits per heavy atom. The lowest BCUT2D eigenvalue weighted by atomic mass is 10.0. The number of nitrogens with zero attached hydrogens (tertiary/aromatic N) is 1. The fourth-order valence-corrected chi connectivity index (χ4v) is 1.98. The summed E-state index contributed by atoms with van der Waals surface area (Å²) in [5, 5.41) is 1.00. The second-order valence-corrected chi connectivity index (χ2v) is 4.45. The lowest BCUT2D eigenvalue weighted by Gasteiger charge is -2.09. The summed E-state index contributed by atoms with van der Waals surface area (Å²) < 4.78 is 4.58. The molecule has 0 fully saturated rings. The zero-order valence-electron chi connectivity index (χ0n) is 11.1. The van der Waals surface area contributed by atoms with Crippen LogP contribution in [0.4, 0.5) is 0 Å². The smallest absolute Gasteiger partial charge is 0.316 e. The quantitative estimate of drug-likeness (QED) is 0.481. The number of aryl methyl sites for hydroxylation is 1. The summed E-state index contributed by atoms with van der Waals surface area (Å²) in [7, 11) is 1.27. The number of pyridine rings is 1. The molecule has 2 aromatic rings. The maximum Gasteiger partial charge on any atom is 0.316 e. The summed E-state index contributed by atoms with van der Waals surface area (Å²) in [5.41, 5.74) is 2.02. The molecule has 0 amide bonds. The number of ketones is 1. The average molecular weight is 257 g/mol. The molecule has 1 aromatic heterocycles. The van der Waals surface area contributed by atoms with Crippen LogP contribution in [-0.4, -0.2) is 23.8 Å². The summed E-state index contributed by atoms with van der Waals surface area (Å²) in [6.45, 7) is 3.45. The van der Waals surface area contributed by atoms with Gasteiger partial charge in [0.2, 0.25) is 0 Å². The van der Waals surface area contributed by atoms with E-state index in [4.69, 9.17) is 0 Å². The van der Waals surface area contributed by atoms with Crippen LogP contribution in [0.5, 0.6) is 0 Å². The molecule has 0 N–H and O–H groups in total. The van der Waals surface area contributed by atoms with Crippen molar-refractivity contribution in [3.05, 3.63) is 41.6 Å². The van der Waals surface area contributed by atoms with E-state index in [1.54, 1.807) is 6.07 Å². The number of ether oxygens (including phenoxy) is 1. The lowest BCUT2D eigenvalue weighted by molar-refractivity contribution is -0.143. The number of para-hydroxylation sites is 1. The molecule has 0 spiro atoms. The van der Waals surface area contributed by atoms with Crippen LogP contribution < -0.4 is 0 Å². The van der Waals surface area contributed by atoms with E-state index in [0.717, 1.165) is 16.5 Å². The first-order valence-corrected chi connectivity index (χ1v) is 6.03. The van der Waals surface area contributed by atoms with Crippen LogP contribution in [0.1, 0.15) is 23.0 Å². The summed E-state index contributed by atoms with van der Waals surface area (Å²) in [6.07, 6.45) is 0. The first kappa shape index (κ1) is 13.2. The fourth-order valence-electron chi connectivity index (χ4n) is 1.98. The second kappa shape index (κ2) is 5.18. The van der Waals surface area contributed by atoms with Crippen molar-refractivity contribution < 1.29 is 14.3 Å². The minimum Gasteiger partial charge on any atom is -0.468 e. The van der Waals surface area contributed by atoms with Gasteiger partial charge < -0.3 is 4.74 Å². The molecule has 1 heterocycles. The summed E-state index contributed by atoms with van der Waals surface area (Å²) in [5.74, 6) is -1.70. The van der Waals surface area contributed by atoms with Gasteiger partial charge in [-0.1, -0.05) is 18.2 Å². The molecule has 0 radical (unpaired) electrons. The Hall–Kier alpha value is -2.23. The van der Waals surface area contributed by atoms with Gasteiger partial charge in [-0.3, -0.25) is 9.59 Å². The summed E-state index contributed by atoms with van der Waals surface area (Å²) >= 11 is 0. The van der Waals surface area contributed by atoms with Gasteiger partial charge in [0.1, 0.15) is 11.6 Å². The SMILES string of the molecule is COC(=O)C(C)C(=O)c1cc(C)c2ccccc2n1. The topological polar surface area (TPSA) is 56.3 Å². The van der Waals surface area contributed by atoms with Crippen LogP contribution >= 0.6 is 0 Å². The highest BCUT2D eigenvalue weighted by Gasteiger charge is 2.25. The van der Waals surface area contributed by atoms with E-state index >= 15 is 0 Å². The van der Waals surface area contributed by atoms with E-state index in [-0.39, 0.29) is 5.78 Å². The van der Waals surface area contributed by atoms with Gasteiger partial charge in [0.15, 0.2) is 5.78 Å². The van der Waals surface area contributed by atoms with Gasteiger partial charge in [0.25, 0.3) is 0 Å². The highest BCUT2D eigenvalue weighted by molar-refractivity contribution is 6.08. The Morgan fingerprint density at radius 2 is 1.95 bits per heavy atom. The molecule has 4 heteroatoms. The van der Waals surface area contributed by atoms with Crippen molar-refractivity contribution in [1.82, 2.24) is 4.98 Å². The number of esters is 1. The maximum absolute atomic E-state index is 12.2. The van der Waals surface area contributed by atoms with E-state index in [2.05, 4.69) is 9.72 Å². The number of Topliss-reactive ketones (excluding diaryl/α,β-unsaturated/α-hetero) is 1. The third kappa shape index (κ3) is 2.47. The van der Waals surface area contributed by atoms with E-state index in [9.17, 15) is 9.59 Å². The minimum absolute atomic E-state index is 0.300. The largest absolute Gasteiger partial charge is 0.468 e. The third-order valence-electron chi connectivity index (χ3n) is 3.12. The number of fused-ring (bicyclic) bond motifs is 1. The number of hydrogen-bond acceptors (Lipinski definition) is 4. The molecule has 1 aromatic carbocycles. The van der Waals surface area contributed by atoms with Crippen LogP contribution in [0.25, 0.3) is 10.9 Å². The van der Waals surface area contributed by atoms with Gasteiger partial charge in [0.05, 0.1) is 12.6 Å². The van der Waals surface area contributed by atoms with Gasteiger partial charge in [-0.25, -0.2) is 4.98 Å². The van der Waals surface area contributed by atoms with Gasteiger partial charge >= 0.3 is 5.97 Å². The number of carbonyl (C=O) groups excluding carboxylic acids is 2. The van der Waals surface area contributed by atoms with Crippen molar-refractivity contribution in [3.8, 4) is 0 Å². The molecular weight excluding hydrogens is 242 g/mol. The summed E-state index contributed by atoms with van der Waals surface area (Å²) in [6, 6.07) is 9.31. The van der Waals surface area contributed by atoms with E-state index in [1.165, 1.54) is 14.0 Å². The van der Waals surface area contributed by atoms with Crippen LogP contribution in [-0.2, 0) is 9.53 Å². The molecule has 19 heavy (non-hydrogen) atoms. The van der Waals surface area contributed by atoms with Crippen molar-refractivity contribution in [2.45, 2.75) is 13.8 Å². The van der Waals surface area contributed by atoms with Crippen LogP contribution in [0.2, 0.25) is 0 Å². The third-order valence-corrected chi connectivity index (χ3v) is 3.12. The molecule has 1 unspecified atom stereocenters. The Morgan fingerprint density at radius 1 is 1.26 bits per heavy atom. The fraction of sp³-hybridized carbons (Fsp3) is 0.267. The monoisotopic (exact) mass is 257 g/mol. The zero-order valence-corrected chi connectivity index (χ0v) is 11.1. The van der Waals surface area contributed by atoms with Gasteiger partial charge in [-0.2, -0.15) is 0 Å². The van der Waals surface area contributed by atoms with Crippen molar-refractivity contribution in [3.63, 3.8) is 0 Å². The molecule has 0 aliphatic heterocycles. The number of hydrogen-bond donors (Lipinski definition) is 0. The molecule has 4 nitrogen and oxygen atoms in total. The Kier molecular flexibility index (Phi) is 3.60. The number of aromatic nitrogens is 1. The Bertz CT molecular complexity index is 649. The number of methoxy groups -OCH3 is 1. The predicted octanol–water partition coefficient (Wildman–Crippen LogP) is 2.54. The van der Waals surface area contributed by atoms with Crippen LogP contribution in [0, 0.1) is 12.8 Å². The normalized spacial score (nSPS) is 12.2. The molecule has 1 atom stereocenters. The van der Waals surface area contributed by atoms with Crippen LogP contribution in [0.3, 0.4) is 0 Å². The standard InChI is InChI=1S/C15H15NO3/c1-9-8-13(14(17)10(2)15(18)19-3)16-12-7-5-4-6-11(9)12/h4-8,10H,1-3H3. The first-order valence-electron chi connectivity index (χ1n) is 6.03. The van der Waals surface area contributed by atoms with E-state index in [1.807, 2.05) is 31.2 Å².